The van der Waals surface area contributed by atoms with Gasteiger partial charge in [-0.2, -0.15) is 0 Å². The summed E-state index contributed by atoms with van der Waals surface area (Å²) in [5, 5.41) is 9.61. The second-order valence-corrected chi connectivity index (χ2v) is 4.87. The van der Waals surface area contributed by atoms with Gasteiger partial charge in [0.1, 0.15) is 0 Å². The lowest BCUT2D eigenvalue weighted by Crippen LogP contribution is -2.42. The Morgan fingerprint density at radius 1 is 1.20 bits per heavy atom. The highest BCUT2D eigenvalue weighted by molar-refractivity contribution is 5.99. The molecular formula is C16H22O4. The normalized spacial score (nSPS) is 13.5. The van der Waals surface area contributed by atoms with Crippen molar-refractivity contribution in [3.63, 3.8) is 0 Å². The molecule has 0 fully saturated rings. The molecule has 0 bridgehead atoms. The predicted molar refractivity (Wildman–Crippen MR) is 76.4 cm³/mol. The fourth-order valence-corrected chi connectivity index (χ4v) is 2.22. The van der Waals surface area contributed by atoms with Crippen LogP contribution in [0.3, 0.4) is 0 Å². The first kappa shape index (κ1) is 16.2. The van der Waals surface area contributed by atoms with Crippen LogP contribution >= 0.6 is 0 Å². The van der Waals surface area contributed by atoms with Crippen molar-refractivity contribution in [2.75, 3.05) is 6.61 Å². The van der Waals surface area contributed by atoms with Gasteiger partial charge in [0.2, 0.25) is 0 Å². The van der Waals surface area contributed by atoms with Gasteiger partial charge in [-0.1, -0.05) is 50.1 Å². The fourth-order valence-electron chi connectivity index (χ4n) is 2.22. The van der Waals surface area contributed by atoms with Crippen molar-refractivity contribution in [1.29, 1.82) is 0 Å². The minimum atomic E-state index is -1.48. The van der Waals surface area contributed by atoms with Crippen molar-refractivity contribution in [1.82, 2.24) is 0 Å². The molecule has 4 nitrogen and oxygen atoms in total. The van der Waals surface area contributed by atoms with Crippen LogP contribution in [-0.4, -0.2) is 23.7 Å². The third-order valence-electron chi connectivity index (χ3n) is 3.38. The van der Waals surface area contributed by atoms with E-state index in [0.29, 0.717) is 12.8 Å². The summed E-state index contributed by atoms with van der Waals surface area (Å²) in [6.45, 7) is 3.85. The highest BCUT2D eigenvalue weighted by atomic mass is 16.5. The molecule has 1 rings (SSSR count). The molecule has 1 aromatic carbocycles. The zero-order chi connectivity index (χ0) is 15.0. The lowest BCUT2D eigenvalue weighted by atomic mass is 9.77. The maximum Gasteiger partial charge on any atom is 0.323 e. The molecular weight excluding hydrogens is 256 g/mol. The standard InChI is InChI=1S/C16H22O4/c1-3-5-11-16(14(17)18,15(19)20-4-2)12-13-9-7-6-8-10-13/h6-10H,3-5,11-12H2,1-2H3,(H,17,18). The summed E-state index contributed by atoms with van der Waals surface area (Å²) in [6, 6.07) is 9.22. The van der Waals surface area contributed by atoms with Crippen molar-refractivity contribution in [2.45, 2.75) is 39.5 Å². The summed E-state index contributed by atoms with van der Waals surface area (Å²) < 4.78 is 5.02. The number of carboxylic acids is 1. The molecule has 0 heterocycles. The molecule has 0 amide bonds. The van der Waals surface area contributed by atoms with E-state index in [2.05, 4.69) is 0 Å². The van der Waals surface area contributed by atoms with Crippen LogP contribution < -0.4 is 0 Å². The van der Waals surface area contributed by atoms with E-state index in [1.807, 2.05) is 37.3 Å². The van der Waals surface area contributed by atoms with Crippen LogP contribution in [0, 0.1) is 5.41 Å². The van der Waals surface area contributed by atoms with Gasteiger partial charge < -0.3 is 9.84 Å². The molecule has 0 aromatic heterocycles. The highest BCUT2D eigenvalue weighted by Crippen LogP contribution is 2.32. The maximum absolute atomic E-state index is 12.2. The second kappa shape index (κ2) is 7.68. The SMILES string of the molecule is CCCCC(Cc1ccccc1)(C(=O)O)C(=O)OCC. The molecule has 1 atom stereocenters. The van der Waals surface area contributed by atoms with Crippen LogP contribution in [0.25, 0.3) is 0 Å². The summed E-state index contributed by atoms with van der Waals surface area (Å²) in [4.78, 5) is 24.0. The summed E-state index contributed by atoms with van der Waals surface area (Å²) in [7, 11) is 0. The zero-order valence-corrected chi connectivity index (χ0v) is 12.1. The Kier molecular flexibility index (Phi) is 6.22. The Labute approximate surface area is 119 Å². The van der Waals surface area contributed by atoms with Crippen molar-refractivity contribution in [2.24, 2.45) is 5.41 Å². The lowest BCUT2D eigenvalue weighted by molar-refractivity contribution is -0.169. The Bertz CT molecular complexity index is 441. The van der Waals surface area contributed by atoms with Gasteiger partial charge in [-0.25, -0.2) is 0 Å². The Morgan fingerprint density at radius 2 is 1.85 bits per heavy atom. The number of rotatable bonds is 8. The molecule has 0 spiro atoms. The van der Waals surface area contributed by atoms with E-state index < -0.39 is 17.4 Å². The fraction of sp³-hybridized carbons (Fsp3) is 0.500. The van der Waals surface area contributed by atoms with Crippen LogP contribution in [-0.2, 0) is 20.7 Å². The van der Waals surface area contributed by atoms with E-state index in [9.17, 15) is 14.7 Å². The smallest absolute Gasteiger partial charge is 0.323 e. The van der Waals surface area contributed by atoms with Crippen LogP contribution in [0.15, 0.2) is 30.3 Å². The average molecular weight is 278 g/mol. The number of hydrogen-bond donors (Lipinski definition) is 1. The minimum absolute atomic E-state index is 0.169. The molecule has 110 valence electrons. The molecule has 0 saturated carbocycles. The lowest BCUT2D eigenvalue weighted by Gasteiger charge is -2.27. The number of carboxylic acid groups (broad SMARTS) is 1. The van der Waals surface area contributed by atoms with Gasteiger partial charge in [0.15, 0.2) is 5.41 Å². The number of ether oxygens (including phenoxy) is 1. The van der Waals surface area contributed by atoms with E-state index in [4.69, 9.17) is 4.74 Å². The Hall–Kier alpha value is -1.84. The van der Waals surface area contributed by atoms with Crippen LogP contribution in [0.2, 0.25) is 0 Å². The zero-order valence-electron chi connectivity index (χ0n) is 12.1. The van der Waals surface area contributed by atoms with Gasteiger partial charge >= 0.3 is 11.9 Å². The second-order valence-electron chi connectivity index (χ2n) is 4.87. The van der Waals surface area contributed by atoms with E-state index in [-0.39, 0.29) is 13.0 Å². The van der Waals surface area contributed by atoms with E-state index in [0.717, 1.165) is 12.0 Å². The van der Waals surface area contributed by atoms with Gasteiger partial charge in [0, 0.05) is 0 Å². The Balaban J connectivity index is 3.08. The van der Waals surface area contributed by atoms with Crippen molar-refractivity contribution in [3.8, 4) is 0 Å². The van der Waals surface area contributed by atoms with Gasteiger partial charge in [0.05, 0.1) is 6.61 Å². The third kappa shape index (κ3) is 3.83. The number of esters is 1. The molecule has 0 aliphatic heterocycles. The molecule has 1 aromatic rings. The summed E-state index contributed by atoms with van der Waals surface area (Å²) in [5.41, 5.74) is -0.646. The molecule has 0 aliphatic rings. The first-order chi connectivity index (χ1) is 9.56. The van der Waals surface area contributed by atoms with Crippen molar-refractivity contribution in [3.05, 3.63) is 35.9 Å². The van der Waals surface area contributed by atoms with Crippen LogP contribution in [0.5, 0.6) is 0 Å². The summed E-state index contributed by atoms with van der Waals surface area (Å²) >= 11 is 0. The van der Waals surface area contributed by atoms with Crippen molar-refractivity contribution < 1.29 is 19.4 Å². The number of aliphatic carboxylic acids is 1. The molecule has 0 aliphatic carbocycles. The van der Waals surface area contributed by atoms with E-state index in [1.54, 1.807) is 6.92 Å². The summed E-state index contributed by atoms with van der Waals surface area (Å²) in [6.07, 6.45) is 1.98. The topological polar surface area (TPSA) is 63.6 Å². The molecule has 0 radical (unpaired) electrons. The molecule has 20 heavy (non-hydrogen) atoms. The monoisotopic (exact) mass is 278 g/mol. The summed E-state index contributed by atoms with van der Waals surface area (Å²) in [5.74, 6) is -1.74. The quantitative estimate of drug-likeness (QED) is 0.586. The highest BCUT2D eigenvalue weighted by Gasteiger charge is 2.47. The number of carbonyl (C=O) groups is 2. The predicted octanol–water partition coefficient (Wildman–Crippen LogP) is 3.05. The van der Waals surface area contributed by atoms with Gasteiger partial charge in [-0.3, -0.25) is 9.59 Å². The number of benzene rings is 1. The number of carbonyl (C=O) groups excluding carboxylic acids is 1. The number of hydrogen-bond acceptors (Lipinski definition) is 3. The average Bonchev–Trinajstić information content (AvgIpc) is 2.44. The first-order valence-electron chi connectivity index (χ1n) is 7.01. The Morgan fingerprint density at radius 3 is 2.35 bits per heavy atom. The van der Waals surface area contributed by atoms with Gasteiger partial charge in [-0.05, 0) is 25.3 Å². The van der Waals surface area contributed by atoms with E-state index in [1.165, 1.54) is 0 Å². The third-order valence-corrected chi connectivity index (χ3v) is 3.38. The maximum atomic E-state index is 12.2. The number of unbranched alkanes of at least 4 members (excludes halogenated alkanes) is 1. The molecule has 4 heteroatoms. The van der Waals surface area contributed by atoms with Crippen molar-refractivity contribution >= 4 is 11.9 Å². The van der Waals surface area contributed by atoms with E-state index >= 15 is 0 Å². The molecule has 1 unspecified atom stereocenters. The minimum Gasteiger partial charge on any atom is -0.480 e. The first-order valence-corrected chi connectivity index (χ1v) is 7.01. The van der Waals surface area contributed by atoms with Gasteiger partial charge in [-0.15, -0.1) is 0 Å². The largest absolute Gasteiger partial charge is 0.480 e. The molecule has 0 saturated heterocycles. The van der Waals surface area contributed by atoms with Gasteiger partial charge in [0.25, 0.3) is 0 Å². The molecule has 1 N–H and O–H groups in total. The van der Waals surface area contributed by atoms with Crippen LogP contribution in [0.1, 0.15) is 38.7 Å². The van der Waals surface area contributed by atoms with Crippen LogP contribution in [0.4, 0.5) is 0 Å².